The predicted octanol–water partition coefficient (Wildman–Crippen LogP) is 2.77. The van der Waals surface area contributed by atoms with Crippen LogP contribution in [-0.2, 0) is 15.8 Å². The number of halogens is 1. The van der Waals surface area contributed by atoms with Crippen molar-refractivity contribution in [3.63, 3.8) is 0 Å². The van der Waals surface area contributed by atoms with Crippen LogP contribution in [0.4, 0.5) is 4.39 Å². The molecule has 0 bridgehead atoms. The Bertz CT molecular complexity index is 958. The summed E-state index contributed by atoms with van der Waals surface area (Å²) in [4.78, 5) is 12.4. The third-order valence-electron chi connectivity index (χ3n) is 4.93. The molecule has 136 valence electrons. The molecule has 26 heavy (non-hydrogen) atoms. The van der Waals surface area contributed by atoms with Gasteiger partial charge in [0.1, 0.15) is 17.2 Å². The Morgan fingerprint density at radius 2 is 1.85 bits per heavy atom. The maximum absolute atomic E-state index is 13.0. The molecule has 0 aromatic heterocycles. The lowest BCUT2D eigenvalue weighted by molar-refractivity contribution is 0.0498. The molecule has 1 unspecified atom stereocenters. The van der Waals surface area contributed by atoms with E-state index in [-0.39, 0.29) is 24.5 Å². The fourth-order valence-electron chi connectivity index (χ4n) is 3.60. The van der Waals surface area contributed by atoms with Crippen LogP contribution in [0.5, 0.6) is 5.75 Å². The first-order chi connectivity index (χ1) is 12.4. The fraction of sp³-hybridized carbons (Fsp3) is 0.316. The molecular weight excluding hydrogens is 357 g/mol. The number of carbonyl (C=O) groups is 1. The normalized spacial score (nSPS) is 23.0. The van der Waals surface area contributed by atoms with Crippen molar-refractivity contribution in [2.24, 2.45) is 0 Å². The molecule has 1 atom stereocenters. The van der Waals surface area contributed by atoms with Crippen LogP contribution in [0.1, 0.15) is 28.8 Å². The van der Waals surface area contributed by atoms with Crippen molar-refractivity contribution in [1.29, 1.82) is 0 Å². The van der Waals surface area contributed by atoms with Gasteiger partial charge in [0, 0.05) is 13.0 Å². The zero-order valence-corrected chi connectivity index (χ0v) is 14.8. The second kappa shape index (κ2) is 6.17. The summed E-state index contributed by atoms with van der Waals surface area (Å²) in [5.41, 5.74) is 0.269. The zero-order chi connectivity index (χ0) is 18.4. The van der Waals surface area contributed by atoms with E-state index in [1.165, 1.54) is 28.6 Å². The number of benzene rings is 2. The van der Waals surface area contributed by atoms with Crippen molar-refractivity contribution in [3.05, 3.63) is 65.5 Å². The van der Waals surface area contributed by atoms with Crippen molar-refractivity contribution < 1.29 is 22.3 Å². The summed E-state index contributed by atoms with van der Waals surface area (Å²) in [7, 11) is -3.58. The molecular formula is C19H18FNO4S. The van der Waals surface area contributed by atoms with E-state index < -0.39 is 21.4 Å². The molecule has 1 spiro atoms. The number of carbonyl (C=O) groups excluding carboxylic acids is 1. The molecule has 0 aliphatic carbocycles. The van der Waals surface area contributed by atoms with Gasteiger partial charge in [0.25, 0.3) is 0 Å². The van der Waals surface area contributed by atoms with Gasteiger partial charge in [-0.1, -0.05) is 24.3 Å². The highest BCUT2D eigenvalue weighted by atomic mass is 32.2. The van der Waals surface area contributed by atoms with Crippen LogP contribution in [0, 0.1) is 5.82 Å². The monoisotopic (exact) mass is 375 g/mol. The molecule has 0 saturated carbocycles. The Morgan fingerprint density at radius 3 is 2.62 bits per heavy atom. The number of nitrogens with zero attached hydrogens (tertiary/aromatic N) is 1. The highest BCUT2D eigenvalue weighted by Gasteiger charge is 2.48. The minimum absolute atomic E-state index is 0.0235. The molecule has 0 amide bonds. The van der Waals surface area contributed by atoms with Gasteiger partial charge >= 0.3 is 0 Å². The predicted molar refractivity (Wildman–Crippen MR) is 94.0 cm³/mol. The smallest absolute Gasteiger partial charge is 0.218 e. The molecule has 2 aromatic rings. The highest BCUT2D eigenvalue weighted by molar-refractivity contribution is 7.88. The van der Waals surface area contributed by atoms with Crippen molar-refractivity contribution in [2.75, 3.05) is 13.1 Å². The third-order valence-corrected chi connectivity index (χ3v) is 6.73. The molecule has 2 aliphatic rings. The average molecular weight is 375 g/mol. The number of rotatable bonds is 3. The Balaban J connectivity index is 1.53. The number of fused-ring (bicyclic) bond motifs is 1. The second-order valence-corrected chi connectivity index (χ2v) is 8.82. The first kappa shape index (κ1) is 17.2. The van der Waals surface area contributed by atoms with Crippen LogP contribution in [-0.4, -0.2) is 37.2 Å². The van der Waals surface area contributed by atoms with Crippen LogP contribution in [0.15, 0.2) is 48.5 Å². The molecule has 2 heterocycles. The van der Waals surface area contributed by atoms with Gasteiger partial charge in [-0.05, 0) is 29.8 Å². The van der Waals surface area contributed by atoms with Gasteiger partial charge in [-0.15, -0.1) is 0 Å². The first-order valence-corrected chi connectivity index (χ1v) is 10.0. The molecule has 5 nitrogen and oxygen atoms in total. The van der Waals surface area contributed by atoms with Gasteiger partial charge in [0.2, 0.25) is 10.0 Å². The Hall–Kier alpha value is -2.25. The van der Waals surface area contributed by atoms with Gasteiger partial charge < -0.3 is 4.74 Å². The lowest BCUT2D eigenvalue weighted by atomic mass is 9.89. The number of para-hydroxylation sites is 1. The summed E-state index contributed by atoms with van der Waals surface area (Å²) >= 11 is 0. The van der Waals surface area contributed by atoms with Gasteiger partial charge in [0.05, 0.1) is 24.3 Å². The van der Waals surface area contributed by atoms with Crippen molar-refractivity contribution in [1.82, 2.24) is 4.31 Å². The quantitative estimate of drug-likeness (QED) is 0.828. The van der Waals surface area contributed by atoms with Crippen LogP contribution in [0.25, 0.3) is 0 Å². The lowest BCUT2D eigenvalue weighted by Gasteiger charge is -2.34. The van der Waals surface area contributed by atoms with E-state index in [1.807, 2.05) is 0 Å². The molecule has 2 aliphatic heterocycles. The maximum Gasteiger partial charge on any atom is 0.218 e. The zero-order valence-electron chi connectivity index (χ0n) is 14.0. The van der Waals surface area contributed by atoms with Crippen LogP contribution in [0.3, 0.4) is 0 Å². The Morgan fingerprint density at radius 1 is 1.12 bits per heavy atom. The van der Waals surface area contributed by atoms with E-state index in [0.717, 1.165) is 0 Å². The van der Waals surface area contributed by atoms with Crippen LogP contribution in [0.2, 0.25) is 0 Å². The molecule has 0 radical (unpaired) electrons. The number of sulfonamides is 1. The number of ether oxygens (including phenoxy) is 1. The Kier molecular flexibility index (Phi) is 4.08. The standard InChI is InChI=1S/C19H18FNO4S/c20-15-7-5-14(6-8-15)12-26(23,24)21-10-9-19(13-21)11-17(22)16-3-1-2-4-18(16)25-19/h1-8H,9-13H2. The summed E-state index contributed by atoms with van der Waals surface area (Å²) in [6, 6.07) is 12.5. The molecule has 0 N–H and O–H groups in total. The van der Waals surface area contributed by atoms with E-state index >= 15 is 0 Å². The number of hydrogen-bond acceptors (Lipinski definition) is 4. The van der Waals surface area contributed by atoms with Gasteiger partial charge in [-0.3, -0.25) is 4.79 Å². The van der Waals surface area contributed by atoms with Crippen molar-refractivity contribution in [2.45, 2.75) is 24.2 Å². The lowest BCUT2D eigenvalue weighted by Crippen LogP contribution is -2.45. The highest BCUT2D eigenvalue weighted by Crippen LogP contribution is 2.39. The van der Waals surface area contributed by atoms with Gasteiger partial charge in [0.15, 0.2) is 5.78 Å². The van der Waals surface area contributed by atoms with Gasteiger partial charge in [-0.2, -0.15) is 4.31 Å². The van der Waals surface area contributed by atoms with Gasteiger partial charge in [-0.25, -0.2) is 12.8 Å². The van der Waals surface area contributed by atoms with Crippen molar-refractivity contribution in [3.8, 4) is 5.75 Å². The first-order valence-electron chi connectivity index (χ1n) is 8.40. The average Bonchev–Trinajstić information content (AvgIpc) is 3.01. The van der Waals surface area contributed by atoms with E-state index in [0.29, 0.717) is 29.8 Å². The summed E-state index contributed by atoms with van der Waals surface area (Å²) in [5, 5.41) is 0. The number of hydrogen-bond donors (Lipinski definition) is 0. The number of Topliss-reactive ketones (excluding diaryl/α,β-unsaturated/α-hetero) is 1. The molecule has 7 heteroatoms. The summed E-state index contributed by atoms with van der Waals surface area (Å²) in [6.45, 7) is 0.454. The number of ketones is 1. The summed E-state index contributed by atoms with van der Waals surface area (Å²) in [5.74, 6) is -0.112. The SMILES string of the molecule is O=C1CC2(CCN(S(=O)(=O)Cc3ccc(F)cc3)C2)Oc2ccccc21. The molecule has 2 aromatic carbocycles. The molecule has 4 rings (SSSR count). The fourth-order valence-corrected chi connectivity index (χ4v) is 5.20. The molecule has 1 saturated heterocycles. The van der Waals surface area contributed by atoms with Crippen molar-refractivity contribution >= 4 is 15.8 Å². The minimum atomic E-state index is -3.58. The van der Waals surface area contributed by atoms with E-state index in [4.69, 9.17) is 4.74 Å². The third kappa shape index (κ3) is 3.12. The maximum atomic E-state index is 13.0. The van der Waals surface area contributed by atoms with E-state index in [2.05, 4.69) is 0 Å². The minimum Gasteiger partial charge on any atom is -0.485 e. The second-order valence-electron chi connectivity index (χ2n) is 6.85. The molecule has 1 fully saturated rings. The van der Waals surface area contributed by atoms with Crippen LogP contribution >= 0.6 is 0 Å². The van der Waals surface area contributed by atoms with E-state index in [1.54, 1.807) is 24.3 Å². The topological polar surface area (TPSA) is 63.7 Å². The Labute approximate surface area is 151 Å². The largest absolute Gasteiger partial charge is 0.485 e. The van der Waals surface area contributed by atoms with Crippen LogP contribution < -0.4 is 4.74 Å². The summed E-state index contributed by atoms with van der Waals surface area (Å²) in [6.07, 6.45) is 0.641. The van der Waals surface area contributed by atoms with E-state index in [9.17, 15) is 17.6 Å². The summed E-state index contributed by atoms with van der Waals surface area (Å²) < 4.78 is 45.9.